The van der Waals surface area contributed by atoms with Gasteiger partial charge >= 0.3 is 0 Å². The minimum absolute atomic E-state index is 0.125. The highest BCUT2D eigenvalue weighted by Gasteiger charge is 2.05. The normalized spacial score (nSPS) is 10.7. The smallest absolute Gasteiger partial charge is 0.138 e. The zero-order valence-corrected chi connectivity index (χ0v) is 11.3. The summed E-state index contributed by atoms with van der Waals surface area (Å²) in [6.07, 6.45) is 2.03. The van der Waals surface area contributed by atoms with Crippen LogP contribution in [0.4, 0.5) is 5.69 Å². The van der Waals surface area contributed by atoms with Crippen LogP contribution in [0.25, 0.3) is 0 Å². The van der Waals surface area contributed by atoms with Crippen molar-refractivity contribution in [3.05, 3.63) is 47.2 Å². The second kappa shape index (κ2) is 5.83. The Morgan fingerprint density at radius 3 is 2.78 bits per heavy atom. The molecule has 4 heteroatoms. The minimum Gasteiger partial charge on any atom is -0.489 e. The molecule has 0 bridgehead atoms. The molecular formula is C14H17ClN2O. The van der Waals surface area contributed by atoms with E-state index < -0.39 is 0 Å². The molecule has 1 aromatic carbocycles. The van der Waals surface area contributed by atoms with Gasteiger partial charge in [-0.3, -0.25) is 0 Å². The number of hydrogen-bond donors (Lipinski definition) is 2. The van der Waals surface area contributed by atoms with Crippen molar-refractivity contribution in [2.75, 3.05) is 5.32 Å². The molecule has 0 amide bonds. The molecule has 0 saturated carbocycles. The third-order valence-corrected chi connectivity index (χ3v) is 2.74. The molecule has 1 aromatic heterocycles. The summed E-state index contributed by atoms with van der Waals surface area (Å²) in [6, 6.07) is 9.74. The number of halogens is 1. The standard InChI is InChI=1S/C14H17ClN2O/c1-10(2)18-14-6-5-11(8-13(14)15)17-9-12-4-3-7-16-12/h3-8,10,16-17H,9H2,1-2H3. The SMILES string of the molecule is CC(C)Oc1ccc(NCc2ccc[nH]2)cc1Cl. The van der Waals surface area contributed by atoms with Gasteiger partial charge in [-0.05, 0) is 44.2 Å². The maximum absolute atomic E-state index is 6.16. The Balaban J connectivity index is 2.00. The first-order chi connectivity index (χ1) is 8.65. The zero-order chi connectivity index (χ0) is 13.0. The van der Waals surface area contributed by atoms with Crippen molar-refractivity contribution < 1.29 is 4.74 Å². The van der Waals surface area contributed by atoms with E-state index in [2.05, 4.69) is 10.3 Å². The summed E-state index contributed by atoms with van der Waals surface area (Å²) in [5.74, 6) is 0.720. The summed E-state index contributed by atoms with van der Waals surface area (Å²) in [7, 11) is 0. The summed E-state index contributed by atoms with van der Waals surface area (Å²) < 4.78 is 5.58. The number of aromatic amines is 1. The molecule has 0 fully saturated rings. The molecular weight excluding hydrogens is 248 g/mol. The van der Waals surface area contributed by atoms with Crippen molar-refractivity contribution in [3.8, 4) is 5.75 Å². The first kappa shape index (κ1) is 12.8. The number of H-pyrrole nitrogens is 1. The Morgan fingerprint density at radius 1 is 1.33 bits per heavy atom. The first-order valence-corrected chi connectivity index (χ1v) is 6.35. The molecule has 1 heterocycles. The van der Waals surface area contributed by atoms with Gasteiger partial charge in [0.2, 0.25) is 0 Å². The summed E-state index contributed by atoms with van der Waals surface area (Å²) in [5.41, 5.74) is 2.11. The number of aromatic nitrogens is 1. The van der Waals surface area contributed by atoms with Gasteiger partial charge < -0.3 is 15.0 Å². The fourth-order valence-corrected chi connectivity index (χ4v) is 1.86. The van der Waals surface area contributed by atoms with Crippen LogP contribution in [-0.2, 0) is 6.54 Å². The molecule has 0 unspecified atom stereocenters. The topological polar surface area (TPSA) is 37.0 Å². The van der Waals surface area contributed by atoms with Crippen molar-refractivity contribution in [2.45, 2.75) is 26.5 Å². The predicted molar refractivity (Wildman–Crippen MR) is 75.3 cm³/mol. The molecule has 0 atom stereocenters. The van der Waals surface area contributed by atoms with Crippen molar-refractivity contribution >= 4 is 17.3 Å². The molecule has 0 radical (unpaired) electrons. The lowest BCUT2D eigenvalue weighted by Crippen LogP contribution is -2.06. The average Bonchev–Trinajstić information content (AvgIpc) is 2.82. The van der Waals surface area contributed by atoms with Gasteiger partial charge in [-0.15, -0.1) is 0 Å². The molecule has 2 N–H and O–H groups in total. The Kier molecular flexibility index (Phi) is 4.15. The highest BCUT2D eigenvalue weighted by Crippen LogP contribution is 2.28. The van der Waals surface area contributed by atoms with E-state index in [-0.39, 0.29) is 6.10 Å². The molecule has 3 nitrogen and oxygen atoms in total. The van der Waals surface area contributed by atoms with Gasteiger partial charge in [-0.25, -0.2) is 0 Å². The van der Waals surface area contributed by atoms with E-state index in [1.807, 2.05) is 50.4 Å². The lowest BCUT2D eigenvalue weighted by Gasteiger charge is -2.13. The van der Waals surface area contributed by atoms with Gasteiger partial charge in [0.15, 0.2) is 0 Å². The molecule has 0 aliphatic rings. The average molecular weight is 265 g/mol. The van der Waals surface area contributed by atoms with Gasteiger partial charge in [0.05, 0.1) is 17.7 Å². The fraction of sp³-hybridized carbons (Fsp3) is 0.286. The van der Waals surface area contributed by atoms with Crippen molar-refractivity contribution in [1.82, 2.24) is 4.98 Å². The van der Waals surface area contributed by atoms with E-state index in [1.54, 1.807) is 0 Å². The monoisotopic (exact) mass is 264 g/mol. The van der Waals surface area contributed by atoms with E-state index in [9.17, 15) is 0 Å². The predicted octanol–water partition coefficient (Wildman–Crippen LogP) is 4.07. The van der Waals surface area contributed by atoms with Gasteiger partial charge in [0.25, 0.3) is 0 Å². The molecule has 96 valence electrons. The number of hydrogen-bond acceptors (Lipinski definition) is 2. The molecule has 0 saturated heterocycles. The van der Waals surface area contributed by atoms with Crippen LogP contribution in [0.5, 0.6) is 5.75 Å². The third-order valence-electron chi connectivity index (χ3n) is 2.44. The van der Waals surface area contributed by atoms with Crippen molar-refractivity contribution in [3.63, 3.8) is 0 Å². The first-order valence-electron chi connectivity index (χ1n) is 5.97. The summed E-state index contributed by atoms with van der Waals surface area (Å²) in [4.78, 5) is 3.14. The Morgan fingerprint density at radius 2 is 2.17 bits per heavy atom. The van der Waals surface area contributed by atoms with E-state index in [0.717, 1.165) is 23.7 Å². The lowest BCUT2D eigenvalue weighted by atomic mass is 10.3. The fourth-order valence-electron chi connectivity index (χ4n) is 1.64. The number of benzene rings is 1. The quantitative estimate of drug-likeness (QED) is 0.854. The molecule has 18 heavy (non-hydrogen) atoms. The molecule has 0 aliphatic carbocycles. The molecule has 0 spiro atoms. The van der Waals surface area contributed by atoms with Gasteiger partial charge in [-0.1, -0.05) is 11.6 Å². The minimum atomic E-state index is 0.125. The lowest BCUT2D eigenvalue weighted by molar-refractivity contribution is 0.242. The van der Waals surface area contributed by atoms with Crippen LogP contribution in [0.2, 0.25) is 5.02 Å². The maximum atomic E-state index is 6.16. The Hall–Kier alpha value is -1.61. The maximum Gasteiger partial charge on any atom is 0.138 e. The summed E-state index contributed by atoms with van der Waals surface area (Å²) in [5, 5.41) is 3.92. The van der Waals surface area contributed by atoms with Crippen LogP contribution in [-0.4, -0.2) is 11.1 Å². The second-order valence-electron chi connectivity index (χ2n) is 4.36. The number of rotatable bonds is 5. The highest BCUT2D eigenvalue weighted by atomic mass is 35.5. The van der Waals surface area contributed by atoms with E-state index in [4.69, 9.17) is 16.3 Å². The van der Waals surface area contributed by atoms with Crippen LogP contribution in [0, 0.1) is 0 Å². The van der Waals surface area contributed by atoms with Crippen LogP contribution in [0.3, 0.4) is 0 Å². The molecule has 2 aromatic rings. The summed E-state index contributed by atoms with van der Waals surface area (Å²) in [6.45, 7) is 4.70. The van der Waals surface area contributed by atoms with Crippen LogP contribution >= 0.6 is 11.6 Å². The van der Waals surface area contributed by atoms with E-state index in [0.29, 0.717) is 5.02 Å². The van der Waals surface area contributed by atoms with E-state index >= 15 is 0 Å². The Bertz CT molecular complexity index is 495. The van der Waals surface area contributed by atoms with E-state index in [1.165, 1.54) is 0 Å². The van der Waals surface area contributed by atoms with Crippen LogP contribution in [0.1, 0.15) is 19.5 Å². The largest absolute Gasteiger partial charge is 0.489 e. The number of anilines is 1. The van der Waals surface area contributed by atoms with Crippen LogP contribution in [0.15, 0.2) is 36.5 Å². The second-order valence-corrected chi connectivity index (χ2v) is 4.77. The van der Waals surface area contributed by atoms with Crippen molar-refractivity contribution in [2.24, 2.45) is 0 Å². The number of ether oxygens (including phenoxy) is 1. The van der Waals surface area contributed by atoms with Crippen LogP contribution < -0.4 is 10.1 Å². The van der Waals surface area contributed by atoms with Gasteiger partial charge in [0, 0.05) is 17.6 Å². The van der Waals surface area contributed by atoms with Gasteiger partial charge in [-0.2, -0.15) is 0 Å². The highest BCUT2D eigenvalue weighted by molar-refractivity contribution is 6.32. The third kappa shape index (κ3) is 3.44. The number of nitrogens with one attached hydrogen (secondary N) is 2. The zero-order valence-electron chi connectivity index (χ0n) is 10.5. The molecule has 0 aliphatic heterocycles. The Labute approximate surface area is 112 Å². The summed E-state index contributed by atoms with van der Waals surface area (Å²) >= 11 is 6.16. The molecule has 2 rings (SSSR count). The van der Waals surface area contributed by atoms with Crippen molar-refractivity contribution in [1.29, 1.82) is 0 Å². The van der Waals surface area contributed by atoms with Gasteiger partial charge in [0.1, 0.15) is 5.75 Å².